The van der Waals surface area contributed by atoms with Gasteiger partial charge in [0.2, 0.25) is 5.13 Å². The van der Waals surface area contributed by atoms with E-state index < -0.39 is 0 Å². The smallest absolute Gasteiger partial charge is 0.208 e. The first-order valence-electron chi connectivity index (χ1n) is 5.28. The quantitative estimate of drug-likeness (QED) is 0.941. The summed E-state index contributed by atoms with van der Waals surface area (Å²) in [5.41, 5.74) is 6.67. The maximum Gasteiger partial charge on any atom is 0.208 e. The molecule has 7 heteroatoms. The van der Waals surface area contributed by atoms with Crippen molar-refractivity contribution in [1.82, 2.24) is 10.2 Å². The largest absolute Gasteiger partial charge is 0.353 e. The molecular formula is C11H13ClN4S2. The number of nitrogens with zero attached hydrogens (tertiary/aromatic N) is 3. The first-order valence-corrected chi connectivity index (χ1v) is 7.29. The number of aromatic nitrogens is 2. The normalized spacial score (nSPS) is 10.7. The molecule has 0 saturated heterocycles. The fourth-order valence-electron chi connectivity index (χ4n) is 1.35. The minimum atomic E-state index is 0.418. The Labute approximate surface area is 119 Å². The van der Waals surface area contributed by atoms with E-state index in [4.69, 9.17) is 17.3 Å². The fraction of sp³-hybridized carbons (Fsp3) is 0.273. The highest BCUT2D eigenvalue weighted by Crippen LogP contribution is 2.36. The number of benzene rings is 1. The third kappa shape index (κ3) is 2.95. The summed E-state index contributed by atoms with van der Waals surface area (Å²) in [6, 6.07) is 5.76. The Morgan fingerprint density at radius 1 is 1.39 bits per heavy atom. The van der Waals surface area contributed by atoms with Crippen molar-refractivity contribution >= 4 is 39.8 Å². The molecular weight excluding hydrogens is 288 g/mol. The molecule has 0 unspecified atom stereocenters. The van der Waals surface area contributed by atoms with Crippen LogP contribution in [0.15, 0.2) is 27.4 Å². The summed E-state index contributed by atoms with van der Waals surface area (Å²) in [7, 11) is 3.89. The summed E-state index contributed by atoms with van der Waals surface area (Å²) < 4.78 is 0.885. The second kappa shape index (κ2) is 5.88. The van der Waals surface area contributed by atoms with E-state index in [9.17, 15) is 0 Å². The molecule has 0 fully saturated rings. The Morgan fingerprint density at radius 2 is 2.17 bits per heavy atom. The number of hydrogen-bond donors (Lipinski definition) is 1. The van der Waals surface area contributed by atoms with Gasteiger partial charge in [-0.3, -0.25) is 0 Å². The van der Waals surface area contributed by atoms with E-state index in [0.29, 0.717) is 11.6 Å². The summed E-state index contributed by atoms with van der Waals surface area (Å²) in [5, 5.41) is 9.82. The second-order valence-corrected chi connectivity index (χ2v) is 6.42. The van der Waals surface area contributed by atoms with Crippen molar-refractivity contribution in [1.29, 1.82) is 0 Å². The molecule has 1 heterocycles. The van der Waals surface area contributed by atoms with Crippen molar-refractivity contribution in [3.63, 3.8) is 0 Å². The lowest BCUT2D eigenvalue weighted by molar-refractivity contribution is 0.970. The Balaban J connectivity index is 2.25. The van der Waals surface area contributed by atoms with Crippen LogP contribution in [0, 0.1) is 0 Å². The lowest BCUT2D eigenvalue weighted by Gasteiger charge is -2.07. The zero-order valence-electron chi connectivity index (χ0n) is 10.1. The molecule has 0 aliphatic heterocycles. The third-order valence-corrected chi connectivity index (χ3v) is 4.85. The van der Waals surface area contributed by atoms with Crippen LogP contribution >= 0.6 is 34.7 Å². The Bertz CT molecular complexity index is 542. The van der Waals surface area contributed by atoms with E-state index >= 15 is 0 Å². The summed E-state index contributed by atoms with van der Waals surface area (Å²) in [4.78, 5) is 2.97. The van der Waals surface area contributed by atoms with Gasteiger partial charge in [-0.15, -0.1) is 10.2 Å². The molecule has 1 aromatic carbocycles. The molecule has 2 rings (SSSR count). The summed E-state index contributed by atoms with van der Waals surface area (Å²) in [6.45, 7) is 0.418. The zero-order valence-corrected chi connectivity index (χ0v) is 12.4. The van der Waals surface area contributed by atoms with Gasteiger partial charge < -0.3 is 10.6 Å². The highest BCUT2D eigenvalue weighted by atomic mass is 35.5. The van der Waals surface area contributed by atoms with Gasteiger partial charge in [-0.1, -0.05) is 40.8 Å². The second-order valence-electron chi connectivity index (χ2n) is 3.77. The lowest BCUT2D eigenvalue weighted by Crippen LogP contribution is -2.07. The van der Waals surface area contributed by atoms with Crippen LogP contribution in [0.2, 0.25) is 5.02 Å². The molecule has 0 bridgehead atoms. The molecule has 4 nitrogen and oxygen atoms in total. The van der Waals surface area contributed by atoms with Crippen LogP contribution in [-0.4, -0.2) is 24.3 Å². The van der Waals surface area contributed by atoms with Crippen molar-refractivity contribution in [2.45, 2.75) is 15.8 Å². The average molecular weight is 301 g/mol. The number of anilines is 1. The summed E-state index contributed by atoms with van der Waals surface area (Å²) in [6.07, 6.45) is 0. The maximum atomic E-state index is 6.12. The van der Waals surface area contributed by atoms with Gasteiger partial charge in [0, 0.05) is 30.6 Å². The summed E-state index contributed by atoms with van der Waals surface area (Å²) >= 11 is 9.21. The van der Waals surface area contributed by atoms with Crippen LogP contribution in [0.5, 0.6) is 0 Å². The van der Waals surface area contributed by atoms with Gasteiger partial charge in [0.05, 0.1) is 0 Å². The van der Waals surface area contributed by atoms with Crippen LogP contribution in [0.3, 0.4) is 0 Å². The topological polar surface area (TPSA) is 55.0 Å². The Kier molecular flexibility index (Phi) is 4.45. The first-order chi connectivity index (χ1) is 8.61. The van der Waals surface area contributed by atoms with Crippen molar-refractivity contribution < 1.29 is 0 Å². The standard InChI is InChI=1S/C11H13ClN4S2/c1-16(2)10-14-15-11(18-10)17-9-5-3-4-8(12)7(9)6-13/h3-5H,6,13H2,1-2H3. The van der Waals surface area contributed by atoms with Crippen molar-refractivity contribution in [3.05, 3.63) is 28.8 Å². The van der Waals surface area contributed by atoms with Gasteiger partial charge in [0.25, 0.3) is 0 Å². The van der Waals surface area contributed by atoms with Gasteiger partial charge >= 0.3 is 0 Å². The number of rotatable bonds is 4. The SMILES string of the molecule is CN(C)c1nnc(Sc2cccc(Cl)c2CN)s1. The third-order valence-electron chi connectivity index (χ3n) is 2.26. The minimum Gasteiger partial charge on any atom is -0.353 e. The Morgan fingerprint density at radius 3 is 2.78 bits per heavy atom. The van der Waals surface area contributed by atoms with E-state index in [-0.39, 0.29) is 0 Å². The Hall–Kier alpha value is -0.820. The van der Waals surface area contributed by atoms with Gasteiger partial charge in [0.1, 0.15) is 0 Å². The molecule has 2 N–H and O–H groups in total. The van der Waals surface area contributed by atoms with Crippen molar-refractivity contribution in [3.8, 4) is 0 Å². The number of nitrogens with two attached hydrogens (primary N) is 1. The molecule has 18 heavy (non-hydrogen) atoms. The van der Waals surface area contributed by atoms with Gasteiger partial charge in [0.15, 0.2) is 4.34 Å². The van der Waals surface area contributed by atoms with E-state index in [1.165, 1.54) is 0 Å². The van der Waals surface area contributed by atoms with Crippen molar-refractivity contribution in [2.24, 2.45) is 5.73 Å². The molecule has 0 aliphatic carbocycles. The van der Waals surface area contributed by atoms with Crippen LogP contribution in [0.4, 0.5) is 5.13 Å². The summed E-state index contributed by atoms with van der Waals surface area (Å²) in [5.74, 6) is 0. The monoisotopic (exact) mass is 300 g/mol. The highest BCUT2D eigenvalue weighted by molar-refractivity contribution is 8.01. The van der Waals surface area contributed by atoms with Gasteiger partial charge in [-0.25, -0.2) is 0 Å². The highest BCUT2D eigenvalue weighted by Gasteiger charge is 2.11. The molecule has 0 saturated carbocycles. The van der Waals surface area contributed by atoms with Crippen LogP contribution in [0.1, 0.15) is 5.56 Å². The number of halogens is 1. The predicted molar refractivity (Wildman–Crippen MR) is 77.7 cm³/mol. The van der Waals surface area contributed by atoms with Gasteiger partial charge in [-0.05, 0) is 17.7 Å². The molecule has 1 aromatic heterocycles. The molecule has 0 spiro atoms. The average Bonchev–Trinajstić information content (AvgIpc) is 2.78. The molecule has 0 atom stereocenters. The maximum absolute atomic E-state index is 6.12. The first kappa shape index (κ1) is 13.6. The van der Waals surface area contributed by atoms with Crippen LogP contribution in [-0.2, 0) is 6.54 Å². The van der Waals surface area contributed by atoms with E-state index in [1.807, 2.05) is 37.2 Å². The zero-order chi connectivity index (χ0) is 13.1. The van der Waals surface area contributed by atoms with Crippen LogP contribution < -0.4 is 10.6 Å². The van der Waals surface area contributed by atoms with E-state index in [1.54, 1.807) is 23.1 Å². The predicted octanol–water partition coefficient (Wildman–Crippen LogP) is 2.87. The van der Waals surface area contributed by atoms with Crippen molar-refractivity contribution in [2.75, 3.05) is 19.0 Å². The molecule has 0 radical (unpaired) electrons. The van der Waals surface area contributed by atoms with E-state index in [2.05, 4.69) is 10.2 Å². The van der Waals surface area contributed by atoms with Gasteiger partial charge in [-0.2, -0.15) is 0 Å². The molecule has 0 aliphatic rings. The minimum absolute atomic E-state index is 0.418. The van der Waals surface area contributed by atoms with E-state index in [0.717, 1.165) is 19.9 Å². The number of hydrogen-bond acceptors (Lipinski definition) is 6. The molecule has 96 valence electrons. The molecule has 2 aromatic rings. The fourth-order valence-corrected chi connectivity index (χ4v) is 3.55. The molecule has 0 amide bonds. The lowest BCUT2D eigenvalue weighted by atomic mass is 10.2. The van der Waals surface area contributed by atoms with Crippen LogP contribution in [0.25, 0.3) is 0 Å².